The first-order valence-electron chi connectivity index (χ1n) is 11.0. The van der Waals surface area contributed by atoms with Crippen molar-refractivity contribution in [2.45, 2.75) is 46.2 Å². The summed E-state index contributed by atoms with van der Waals surface area (Å²) in [6.07, 6.45) is 2.42. The average Bonchev–Trinajstić information content (AvgIpc) is 3.46. The Labute approximate surface area is 186 Å². The summed E-state index contributed by atoms with van der Waals surface area (Å²) < 4.78 is 0. The SMILES string of the molecule is CC(=O)Nc1nc(C)c(-c2cc3c(c(N4CCNCC4)n2)C(=O)N([C@@H](C)C2CC2)C3)s1. The van der Waals surface area contributed by atoms with Crippen LogP contribution in [0.4, 0.5) is 10.9 Å². The molecular formula is C22H28N6O2S. The summed E-state index contributed by atoms with van der Waals surface area (Å²) in [4.78, 5) is 39.6. The van der Waals surface area contributed by atoms with E-state index in [1.165, 1.54) is 31.1 Å². The Balaban J connectivity index is 1.57. The lowest BCUT2D eigenvalue weighted by molar-refractivity contribution is -0.114. The molecule has 2 aromatic heterocycles. The molecule has 3 aliphatic rings. The Kier molecular flexibility index (Phi) is 5.18. The Morgan fingerprint density at radius 2 is 2.03 bits per heavy atom. The highest BCUT2D eigenvalue weighted by Gasteiger charge is 2.41. The maximum Gasteiger partial charge on any atom is 0.258 e. The van der Waals surface area contributed by atoms with E-state index < -0.39 is 0 Å². The van der Waals surface area contributed by atoms with Gasteiger partial charge in [-0.3, -0.25) is 9.59 Å². The fraction of sp³-hybridized carbons (Fsp3) is 0.545. The van der Waals surface area contributed by atoms with Gasteiger partial charge in [0.25, 0.3) is 5.91 Å². The highest BCUT2D eigenvalue weighted by Crippen LogP contribution is 2.42. The van der Waals surface area contributed by atoms with Gasteiger partial charge in [-0.25, -0.2) is 9.97 Å². The largest absolute Gasteiger partial charge is 0.353 e. The Morgan fingerprint density at radius 3 is 2.71 bits per heavy atom. The molecule has 31 heavy (non-hydrogen) atoms. The zero-order chi connectivity index (χ0) is 21.7. The zero-order valence-electron chi connectivity index (χ0n) is 18.2. The van der Waals surface area contributed by atoms with E-state index in [0.29, 0.717) is 17.6 Å². The van der Waals surface area contributed by atoms with Gasteiger partial charge < -0.3 is 20.4 Å². The first-order valence-corrected chi connectivity index (χ1v) is 11.8. The number of pyridine rings is 1. The molecule has 2 aromatic rings. The van der Waals surface area contributed by atoms with Crippen molar-refractivity contribution in [3.05, 3.63) is 22.9 Å². The van der Waals surface area contributed by atoms with Gasteiger partial charge >= 0.3 is 0 Å². The van der Waals surface area contributed by atoms with Crippen LogP contribution in [0.15, 0.2) is 6.07 Å². The highest BCUT2D eigenvalue weighted by atomic mass is 32.1. The van der Waals surface area contributed by atoms with Crippen molar-refractivity contribution in [3.8, 4) is 10.6 Å². The van der Waals surface area contributed by atoms with Crippen LogP contribution in [-0.4, -0.2) is 58.9 Å². The lowest BCUT2D eigenvalue weighted by Crippen LogP contribution is -2.44. The lowest BCUT2D eigenvalue weighted by Gasteiger charge is -2.30. The summed E-state index contributed by atoms with van der Waals surface area (Å²) in [7, 11) is 0. The van der Waals surface area contributed by atoms with Crippen LogP contribution in [0.1, 0.15) is 48.3 Å². The Hall–Kier alpha value is -2.52. The number of rotatable bonds is 5. The molecular weight excluding hydrogens is 412 g/mol. The predicted octanol–water partition coefficient (Wildman–Crippen LogP) is 2.64. The van der Waals surface area contributed by atoms with E-state index in [-0.39, 0.29) is 17.9 Å². The number of aromatic nitrogens is 2. The molecule has 1 saturated heterocycles. The van der Waals surface area contributed by atoms with Crippen LogP contribution in [0.25, 0.3) is 10.6 Å². The standard InChI is InChI=1S/C22H28N6O2S/c1-12-19(31-22(24-12)25-14(3)29)17-10-16-11-28(13(2)15-4-5-15)21(30)18(16)20(26-17)27-8-6-23-7-9-27/h10,13,15,23H,4-9,11H2,1-3H3,(H,24,25,29)/t13-/m0/s1. The van der Waals surface area contributed by atoms with Crippen LogP contribution >= 0.6 is 11.3 Å². The first-order chi connectivity index (χ1) is 14.9. The molecule has 2 amide bonds. The molecule has 0 aromatic carbocycles. The van der Waals surface area contributed by atoms with E-state index in [9.17, 15) is 9.59 Å². The van der Waals surface area contributed by atoms with Crippen molar-refractivity contribution in [1.29, 1.82) is 0 Å². The number of hydrogen-bond donors (Lipinski definition) is 2. The molecule has 164 valence electrons. The number of carbonyl (C=O) groups excluding carboxylic acids is 2. The topological polar surface area (TPSA) is 90.5 Å². The fourth-order valence-electron chi connectivity index (χ4n) is 4.56. The Morgan fingerprint density at radius 1 is 1.29 bits per heavy atom. The van der Waals surface area contributed by atoms with E-state index in [1.807, 2.05) is 11.8 Å². The van der Waals surface area contributed by atoms with Crippen LogP contribution in [0.5, 0.6) is 0 Å². The van der Waals surface area contributed by atoms with E-state index in [2.05, 4.69) is 33.5 Å². The molecule has 2 N–H and O–H groups in total. The van der Waals surface area contributed by atoms with Crippen LogP contribution < -0.4 is 15.5 Å². The van der Waals surface area contributed by atoms with Crippen LogP contribution in [0, 0.1) is 12.8 Å². The lowest BCUT2D eigenvalue weighted by atomic mass is 10.1. The molecule has 1 aliphatic carbocycles. The molecule has 1 atom stereocenters. The maximum atomic E-state index is 13.5. The molecule has 4 heterocycles. The number of piperazine rings is 1. The number of anilines is 2. The quantitative estimate of drug-likeness (QED) is 0.743. The second-order valence-electron chi connectivity index (χ2n) is 8.73. The zero-order valence-corrected chi connectivity index (χ0v) is 19.0. The third-order valence-corrected chi connectivity index (χ3v) is 7.52. The minimum absolute atomic E-state index is 0.113. The number of nitrogens with zero attached hydrogens (tertiary/aromatic N) is 4. The number of fused-ring (bicyclic) bond motifs is 1. The van der Waals surface area contributed by atoms with Crippen molar-refractivity contribution in [1.82, 2.24) is 20.2 Å². The Bertz CT molecular complexity index is 1040. The number of aryl methyl sites for hydroxylation is 1. The van der Waals surface area contributed by atoms with Gasteiger partial charge in [0.05, 0.1) is 21.8 Å². The van der Waals surface area contributed by atoms with E-state index in [4.69, 9.17) is 4.98 Å². The van der Waals surface area contributed by atoms with Crippen LogP contribution in [0.3, 0.4) is 0 Å². The molecule has 8 nitrogen and oxygen atoms in total. The van der Waals surface area contributed by atoms with Crippen molar-refractivity contribution >= 4 is 34.1 Å². The van der Waals surface area contributed by atoms with Gasteiger partial charge in [0.1, 0.15) is 5.82 Å². The molecule has 0 unspecified atom stereocenters. The van der Waals surface area contributed by atoms with Crippen molar-refractivity contribution in [3.63, 3.8) is 0 Å². The fourth-order valence-corrected chi connectivity index (χ4v) is 5.53. The summed E-state index contributed by atoms with van der Waals surface area (Å²) in [5.74, 6) is 1.39. The predicted molar refractivity (Wildman–Crippen MR) is 122 cm³/mol. The smallest absolute Gasteiger partial charge is 0.258 e. The van der Waals surface area contributed by atoms with Crippen molar-refractivity contribution in [2.75, 3.05) is 36.4 Å². The molecule has 2 aliphatic heterocycles. The second-order valence-corrected chi connectivity index (χ2v) is 9.73. The number of thiazole rings is 1. The van der Waals surface area contributed by atoms with Gasteiger partial charge in [-0.15, -0.1) is 0 Å². The van der Waals surface area contributed by atoms with E-state index in [1.54, 1.807) is 0 Å². The average molecular weight is 441 g/mol. The van der Waals surface area contributed by atoms with E-state index >= 15 is 0 Å². The van der Waals surface area contributed by atoms with Gasteiger partial charge in [-0.2, -0.15) is 0 Å². The first kappa shape index (κ1) is 20.4. The van der Waals surface area contributed by atoms with Crippen LogP contribution in [-0.2, 0) is 11.3 Å². The second kappa shape index (κ2) is 7.87. The highest BCUT2D eigenvalue weighted by molar-refractivity contribution is 7.19. The number of carbonyl (C=O) groups is 2. The van der Waals surface area contributed by atoms with Gasteiger partial charge in [0.2, 0.25) is 5.91 Å². The summed E-state index contributed by atoms with van der Waals surface area (Å²) in [6, 6.07) is 2.31. The van der Waals surface area contributed by atoms with Gasteiger partial charge in [-0.05, 0) is 44.2 Å². The van der Waals surface area contributed by atoms with Gasteiger partial charge in [0, 0.05) is 45.7 Å². The minimum Gasteiger partial charge on any atom is -0.353 e. The number of amides is 2. The van der Waals surface area contributed by atoms with E-state index in [0.717, 1.165) is 59.4 Å². The molecule has 9 heteroatoms. The van der Waals surface area contributed by atoms with Crippen LogP contribution in [0.2, 0.25) is 0 Å². The number of hydrogen-bond acceptors (Lipinski definition) is 7. The van der Waals surface area contributed by atoms with Crippen molar-refractivity contribution in [2.24, 2.45) is 5.92 Å². The molecule has 0 radical (unpaired) electrons. The summed E-state index contributed by atoms with van der Waals surface area (Å²) in [5.41, 5.74) is 3.47. The molecule has 1 saturated carbocycles. The molecule has 5 rings (SSSR count). The normalized spacial score (nSPS) is 19.5. The third kappa shape index (κ3) is 3.80. The van der Waals surface area contributed by atoms with Gasteiger partial charge in [0.15, 0.2) is 5.13 Å². The maximum absolute atomic E-state index is 13.5. The minimum atomic E-state index is -0.140. The molecule has 0 spiro atoms. The van der Waals surface area contributed by atoms with Crippen molar-refractivity contribution < 1.29 is 9.59 Å². The number of nitrogens with one attached hydrogen (secondary N) is 2. The monoisotopic (exact) mass is 440 g/mol. The summed E-state index contributed by atoms with van der Waals surface area (Å²) in [5, 5.41) is 6.73. The molecule has 0 bridgehead atoms. The summed E-state index contributed by atoms with van der Waals surface area (Å²) >= 11 is 1.43. The third-order valence-electron chi connectivity index (χ3n) is 6.42. The summed E-state index contributed by atoms with van der Waals surface area (Å²) in [6.45, 7) is 9.63. The molecule has 2 fully saturated rings. The van der Waals surface area contributed by atoms with Gasteiger partial charge in [-0.1, -0.05) is 11.3 Å².